The highest BCUT2D eigenvalue weighted by molar-refractivity contribution is 7.89. The molecule has 7 nitrogen and oxygen atoms in total. The van der Waals surface area contributed by atoms with Gasteiger partial charge in [-0.3, -0.25) is 4.79 Å². The third kappa shape index (κ3) is 4.18. The summed E-state index contributed by atoms with van der Waals surface area (Å²) in [6.45, 7) is 1.13. The molecule has 4 heterocycles. The third-order valence-electron chi connectivity index (χ3n) is 5.97. The Morgan fingerprint density at radius 1 is 1.15 bits per heavy atom. The Balaban J connectivity index is 0.00000210. The minimum atomic E-state index is -3.52. The Kier molecular flexibility index (Phi) is 6.20. The lowest BCUT2D eigenvalue weighted by Crippen LogP contribution is -2.48. The second-order valence-corrected chi connectivity index (χ2v) is 9.85. The predicted molar refractivity (Wildman–Crippen MR) is 106 cm³/mol. The zero-order valence-corrected chi connectivity index (χ0v) is 17.3. The Hall–Kier alpha value is -1.09. The maximum Gasteiger partial charge on any atom is 0.268 e. The van der Waals surface area contributed by atoms with Gasteiger partial charge in [-0.1, -0.05) is 6.42 Å². The van der Waals surface area contributed by atoms with Gasteiger partial charge in [0.1, 0.15) is 10.6 Å². The molecule has 0 aromatic carbocycles. The normalized spacial score (nSPS) is 28.6. The largest absolute Gasteiger partial charge is 0.348 e. The molecule has 0 aliphatic carbocycles. The fraction of sp³-hybridized carbons (Fsp3) is 0.722. The molecular weight excluding hydrogens is 388 g/mol. The van der Waals surface area contributed by atoms with Crippen molar-refractivity contribution in [2.24, 2.45) is 7.05 Å². The lowest BCUT2D eigenvalue weighted by atomic mass is 10.00. The smallest absolute Gasteiger partial charge is 0.268 e. The number of fused-ring (bicyclic) bond motifs is 2. The van der Waals surface area contributed by atoms with Crippen molar-refractivity contribution in [3.63, 3.8) is 0 Å². The van der Waals surface area contributed by atoms with Gasteiger partial charge in [0.2, 0.25) is 10.0 Å². The quantitative estimate of drug-likeness (QED) is 0.781. The first-order valence-corrected chi connectivity index (χ1v) is 11.1. The lowest BCUT2D eigenvalue weighted by molar-refractivity contribution is 0.0915. The van der Waals surface area contributed by atoms with Crippen molar-refractivity contribution in [1.82, 2.24) is 19.5 Å². The first-order chi connectivity index (χ1) is 12.4. The lowest BCUT2D eigenvalue weighted by Gasteiger charge is -2.29. The summed E-state index contributed by atoms with van der Waals surface area (Å²) in [6, 6.07) is 2.69. The van der Waals surface area contributed by atoms with Crippen LogP contribution in [0.2, 0.25) is 0 Å². The molecule has 2 unspecified atom stereocenters. The van der Waals surface area contributed by atoms with Crippen LogP contribution < -0.4 is 10.6 Å². The second-order valence-electron chi connectivity index (χ2n) is 7.92. The van der Waals surface area contributed by atoms with Crippen molar-refractivity contribution in [3.8, 4) is 0 Å². The number of carbonyl (C=O) groups excluding carboxylic acids is 1. The maximum absolute atomic E-state index is 12.8. The van der Waals surface area contributed by atoms with E-state index in [-0.39, 0.29) is 29.3 Å². The van der Waals surface area contributed by atoms with Gasteiger partial charge in [0.15, 0.2) is 0 Å². The molecule has 2 atom stereocenters. The summed E-state index contributed by atoms with van der Waals surface area (Å²) in [4.78, 5) is 12.9. The van der Waals surface area contributed by atoms with E-state index < -0.39 is 10.0 Å². The van der Waals surface area contributed by atoms with Gasteiger partial charge in [-0.05, 0) is 44.6 Å². The summed E-state index contributed by atoms with van der Waals surface area (Å²) in [5, 5.41) is 6.68. The number of aromatic nitrogens is 1. The van der Waals surface area contributed by atoms with E-state index in [0.29, 0.717) is 30.9 Å². The molecule has 3 aliphatic heterocycles. The van der Waals surface area contributed by atoms with Crippen molar-refractivity contribution in [2.45, 2.75) is 68.0 Å². The molecule has 152 valence electrons. The number of rotatable bonds is 4. The Morgan fingerprint density at radius 3 is 2.41 bits per heavy atom. The summed E-state index contributed by atoms with van der Waals surface area (Å²) in [5.41, 5.74) is 0.409. The number of hydrogen-bond donors (Lipinski definition) is 2. The molecule has 0 radical (unpaired) electrons. The highest BCUT2D eigenvalue weighted by atomic mass is 35.5. The van der Waals surface area contributed by atoms with Crippen molar-refractivity contribution in [2.75, 3.05) is 13.1 Å². The number of carbonyl (C=O) groups is 1. The van der Waals surface area contributed by atoms with Crippen LogP contribution in [-0.4, -0.2) is 54.4 Å². The number of halogens is 1. The van der Waals surface area contributed by atoms with Crippen LogP contribution in [0.25, 0.3) is 0 Å². The number of nitrogens with one attached hydrogen (secondary N) is 2. The van der Waals surface area contributed by atoms with Crippen LogP contribution in [0.5, 0.6) is 0 Å². The standard InChI is InChI=1S/C18H28N4O3S.ClH/c1-21-12-16(26(24,25)22-7-3-2-4-8-22)11-17(21)18(23)20-15-9-13-5-6-14(10-15)19-13;/h11-15,19H,2-10H2,1H3,(H,20,23);1H. The highest BCUT2D eigenvalue weighted by Gasteiger charge is 2.35. The van der Waals surface area contributed by atoms with E-state index >= 15 is 0 Å². The molecule has 0 saturated carbocycles. The SMILES string of the molecule is Cl.Cn1cc(S(=O)(=O)N2CCCCC2)cc1C(=O)NC1CC2CCC(C1)N2. The van der Waals surface area contributed by atoms with E-state index in [2.05, 4.69) is 10.6 Å². The molecule has 0 spiro atoms. The minimum Gasteiger partial charge on any atom is -0.348 e. The van der Waals surface area contributed by atoms with Gasteiger partial charge in [0.25, 0.3) is 5.91 Å². The first-order valence-electron chi connectivity index (χ1n) is 9.67. The molecule has 2 bridgehead atoms. The number of sulfonamides is 1. The van der Waals surface area contributed by atoms with E-state index in [1.54, 1.807) is 17.8 Å². The summed E-state index contributed by atoms with van der Waals surface area (Å²) in [5.74, 6) is -0.182. The average Bonchev–Trinajstić information content (AvgIpc) is 3.18. The zero-order valence-electron chi connectivity index (χ0n) is 15.7. The summed E-state index contributed by atoms with van der Waals surface area (Å²) in [7, 11) is -1.78. The average molecular weight is 417 g/mol. The second kappa shape index (κ2) is 8.11. The molecule has 9 heteroatoms. The van der Waals surface area contributed by atoms with Crippen LogP contribution in [0.3, 0.4) is 0 Å². The van der Waals surface area contributed by atoms with Crippen LogP contribution in [0, 0.1) is 0 Å². The van der Waals surface area contributed by atoms with Crippen LogP contribution in [0.1, 0.15) is 55.4 Å². The summed E-state index contributed by atoms with van der Waals surface area (Å²) < 4.78 is 28.8. The topological polar surface area (TPSA) is 83.4 Å². The van der Waals surface area contributed by atoms with Gasteiger partial charge in [-0.15, -0.1) is 12.4 Å². The fourth-order valence-electron chi connectivity index (χ4n) is 4.59. The molecule has 3 fully saturated rings. The third-order valence-corrected chi connectivity index (χ3v) is 7.84. The summed E-state index contributed by atoms with van der Waals surface area (Å²) in [6.07, 6.45) is 8.70. The fourth-order valence-corrected chi connectivity index (χ4v) is 6.18. The predicted octanol–water partition coefficient (Wildman–Crippen LogP) is 1.63. The molecule has 2 N–H and O–H groups in total. The van der Waals surface area contributed by atoms with E-state index in [4.69, 9.17) is 0 Å². The first kappa shape index (κ1) is 20.6. The van der Waals surface area contributed by atoms with E-state index in [1.165, 1.54) is 23.2 Å². The number of aryl methyl sites for hydroxylation is 1. The number of hydrogen-bond acceptors (Lipinski definition) is 4. The number of nitrogens with zero attached hydrogens (tertiary/aromatic N) is 2. The molecule has 1 aromatic rings. The van der Waals surface area contributed by atoms with Gasteiger partial charge in [0, 0.05) is 44.5 Å². The molecule has 4 rings (SSSR count). The van der Waals surface area contributed by atoms with E-state index in [9.17, 15) is 13.2 Å². The number of amides is 1. The Bertz CT molecular complexity index is 777. The van der Waals surface area contributed by atoms with Gasteiger partial charge in [0.05, 0.1) is 0 Å². The van der Waals surface area contributed by atoms with Crippen molar-refractivity contribution < 1.29 is 13.2 Å². The van der Waals surface area contributed by atoms with Crippen LogP contribution >= 0.6 is 12.4 Å². The maximum atomic E-state index is 12.8. The van der Waals surface area contributed by atoms with E-state index in [0.717, 1.165) is 32.1 Å². The molecule has 1 amide bonds. The van der Waals surface area contributed by atoms with E-state index in [1.807, 2.05) is 0 Å². The van der Waals surface area contributed by atoms with Gasteiger partial charge in [-0.2, -0.15) is 4.31 Å². The van der Waals surface area contributed by atoms with Gasteiger partial charge >= 0.3 is 0 Å². The zero-order chi connectivity index (χ0) is 18.3. The summed E-state index contributed by atoms with van der Waals surface area (Å²) >= 11 is 0. The van der Waals surface area contributed by atoms with Crippen LogP contribution in [0.4, 0.5) is 0 Å². The van der Waals surface area contributed by atoms with Crippen molar-refractivity contribution in [3.05, 3.63) is 18.0 Å². The number of piperidine rings is 2. The van der Waals surface area contributed by atoms with Gasteiger partial charge in [-0.25, -0.2) is 8.42 Å². The van der Waals surface area contributed by atoms with Crippen LogP contribution in [-0.2, 0) is 17.1 Å². The highest BCUT2D eigenvalue weighted by Crippen LogP contribution is 2.27. The van der Waals surface area contributed by atoms with Crippen LogP contribution in [0.15, 0.2) is 17.2 Å². The van der Waals surface area contributed by atoms with Gasteiger partial charge < -0.3 is 15.2 Å². The molecular formula is C18H29ClN4O3S. The Morgan fingerprint density at radius 2 is 1.78 bits per heavy atom. The Labute approximate surface area is 167 Å². The van der Waals surface area contributed by atoms with Crippen molar-refractivity contribution in [1.29, 1.82) is 0 Å². The monoisotopic (exact) mass is 416 g/mol. The molecule has 27 heavy (non-hydrogen) atoms. The minimum absolute atomic E-state index is 0. The molecule has 3 aliphatic rings. The molecule has 3 saturated heterocycles. The molecule has 1 aromatic heterocycles. The van der Waals surface area contributed by atoms with Crippen molar-refractivity contribution >= 4 is 28.3 Å².